The quantitative estimate of drug-likeness (QED) is 0.825. The van der Waals surface area contributed by atoms with Crippen molar-refractivity contribution in [2.24, 2.45) is 0 Å². The van der Waals surface area contributed by atoms with Gasteiger partial charge in [0.1, 0.15) is 11.6 Å². The van der Waals surface area contributed by atoms with Crippen LogP contribution in [0.2, 0.25) is 5.02 Å². The Hall–Kier alpha value is -1.61. The minimum atomic E-state index is -0.478. The maximum absolute atomic E-state index is 13.5. The Balaban J connectivity index is 2.17. The Labute approximate surface area is 116 Å². The first-order valence-corrected chi connectivity index (χ1v) is 6.33. The van der Waals surface area contributed by atoms with Gasteiger partial charge in [0.05, 0.1) is 5.02 Å². The molecule has 4 heteroatoms. The van der Waals surface area contributed by atoms with E-state index in [2.05, 4.69) is 5.32 Å². The van der Waals surface area contributed by atoms with Gasteiger partial charge in [0.15, 0.2) is 0 Å². The molecule has 0 radical (unpaired) electrons. The van der Waals surface area contributed by atoms with Crippen LogP contribution in [0.1, 0.15) is 24.1 Å². The van der Waals surface area contributed by atoms with E-state index in [9.17, 15) is 8.78 Å². The molecule has 2 rings (SSSR count). The standard InChI is InChI=1S/C15H14ClF2N/c1-9-3-4-11(7-14(9)17)10(2)19-12-5-6-13(16)15(18)8-12/h3-8,10,19H,1-2H3. The first kappa shape index (κ1) is 13.8. The monoisotopic (exact) mass is 281 g/mol. The molecule has 0 saturated carbocycles. The molecule has 1 nitrogen and oxygen atoms in total. The third kappa shape index (κ3) is 3.24. The van der Waals surface area contributed by atoms with Crippen molar-refractivity contribution in [1.29, 1.82) is 0 Å². The number of anilines is 1. The smallest absolute Gasteiger partial charge is 0.143 e. The average Bonchev–Trinajstić information content (AvgIpc) is 2.37. The van der Waals surface area contributed by atoms with E-state index in [0.29, 0.717) is 11.3 Å². The summed E-state index contributed by atoms with van der Waals surface area (Å²) in [6, 6.07) is 9.43. The highest BCUT2D eigenvalue weighted by atomic mass is 35.5. The molecular formula is C15H14ClF2N. The van der Waals surface area contributed by atoms with Gasteiger partial charge < -0.3 is 5.32 Å². The predicted molar refractivity (Wildman–Crippen MR) is 74.6 cm³/mol. The largest absolute Gasteiger partial charge is 0.378 e. The number of benzene rings is 2. The fraction of sp³-hybridized carbons (Fsp3) is 0.200. The fourth-order valence-corrected chi connectivity index (χ4v) is 1.92. The molecule has 1 atom stereocenters. The van der Waals surface area contributed by atoms with Gasteiger partial charge in [0.2, 0.25) is 0 Å². The summed E-state index contributed by atoms with van der Waals surface area (Å²) in [7, 11) is 0. The zero-order valence-electron chi connectivity index (χ0n) is 10.7. The van der Waals surface area contributed by atoms with Crippen molar-refractivity contribution in [2.45, 2.75) is 19.9 Å². The van der Waals surface area contributed by atoms with Crippen molar-refractivity contribution in [3.05, 3.63) is 64.2 Å². The van der Waals surface area contributed by atoms with Gasteiger partial charge in [-0.25, -0.2) is 8.78 Å². The number of aryl methyl sites for hydroxylation is 1. The summed E-state index contributed by atoms with van der Waals surface area (Å²) in [6.45, 7) is 3.60. The van der Waals surface area contributed by atoms with Gasteiger partial charge in [-0.05, 0) is 49.2 Å². The van der Waals surface area contributed by atoms with Crippen molar-refractivity contribution in [3.63, 3.8) is 0 Å². The minimum Gasteiger partial charge on any atom is -0.378 e. The Morgan fingerprint density at radius 2 is 1.79 bits per heavy atom. The second-order valence-electron chi connectivity index (χ2n) is 4.50. The van der Waals surface area contributed by atoms with Crippen LogP contribution in [0.3, 0.4) is 0 Å². The second-order valence-corrected chi connectivity index (χ2v) is 4.91. The van der Waals surface area contributed by atoms with Gasteiger partial charge in [-0.15, -0.1) is 0 Å². The van der Waals surface area contributed by atoms with Crippen molar-refractivity contribution in [3.8, 4) is 0 Å². The molecule has 2 aromatic carbocycles. The van der Waals surface area contributed by atoms with Crippen LogP contribution < -0.4 is 5.32 Å². The maximum atomic E-state index is 13.5. The Bertz CT molecular complexity index is 599. The van der Waals surface area contributed by atoms with Crippen LogP contribution in [0, 0.1) is 18.6 Å². The van der Waals surface area contributed by atoms with Crippen molar-refractivity contribution >= 4 is 17.3 Å². The van der Waals surface area contributed by atoms with E-state index in [4.69, 9.17) is 11.6 Å². The van der Waals surface area contributed by atoms with Crippen molar-refractivity contribution in [1.82, 2.24) is 0 Å². The van der Waals surface area contributed by atoms with Gasteiger partial charge in [-0.2, -0.15) is 0 Å². The van der Waals surface area contributed by atoms with Crippen LogP contribution in [-0.4, -0.2) is 0 Å². The highest BCUT2D eigenvalue weighted by molar-refractivity contribution is 6.30. The van der Waals surface area contributed by atoms with Gasteiger partial charge in [-0.1, -0.05) is 23.7 Å². The topological polar surface area (TPSA) is 12.0 Å². The molecule has 100 valence electrons. The fourth-order valence-electron chi connectivity index (χ4n) is 1.80. The molecule has 0 spiro atoms. The molecule has 0 heterocycles. The van der Waals surface area contributed by atoms with Gasteiger partial charge in [-0.3, -0.25) is 0 Å². The molecule has 0 fully saturated rings. The summed E-state index contributed by atoms with van der Waals surface area (Å²) in [5.41, 5.74) is 2.02. The van der Waals surface area contributed by atoms with Crippen LogP contribution in [0.15, 0.2) is 36.4 Å². The molecule has 0 amide bonds. The molecule has 2 aromatic rings. The van der Waals surface area contributed by atoms with E-state index in [-0.39, 0.29) is 16.9 Å². The maximum Gasteiger partial charge on any atom is 0.143 e. The average molecular weight is 282 g/mol. The first-order valence-electron chi connectivity index (χ1n) is 5.95. The summed E-state index contributed by atoms with van der Waals surface area (Å²) in [6.07, 6.45) is 0. The number of hydrogen-bond acceptors (Lipinski definition) is 1. The molecular weight excluding hydrogens is 268 g/mol. The molecule has 0 aliphatic carbocycles. The lowest BCUT2D eigenvalue weighted by Crippen LogP contribution is -2.07. The summed E-state index contributed by atoms with van der Waals surface area (Å²) in [5, 5.41) is 3.19. The molecule has 0 aromatic heterocycles. The molecule has 19 heavy (non-hydrogen) atoms. The lowest BCUT2D eigenvalue weighted by atomic mass is 10.1. The SMILES string of the molecule is Cc1ccc(C(C)Nc2ccc(Cl)c(F)c2)cc1F. The highest BCUT2D eigenvalue weighted by Crippen LogP contribution is 2.24. The molecule has 0 saturated heterocycles. The van der Waals surface area contributed by atoms with Gasteiger partial charge in [0, 0.05) is 11.7 Å². The van der Waals surface area contributed by atoms with Crippen molar-refractivity contribution < 1.29 is 8.78 Å². The number of hydrogen-bond donors (Lipinski definition) is 1. The zero-order chi connectivity index (χ0) is 14.0. The Morgan fingerprint density at radius 3 is 2.42 bits per heavy atom. The number of rotatable bonds is 3. The predicted octanol–water partition coefficient (Wildman–Crippen LogP) is 5.10. The normalized spacial score (nSPS) is 12.3. The Morgan fingerprint density at radius 1 is 1.05 bits per heavy atom. The minimum absolute atomic E-state index is 0.0829. The van der Waals surface area contributed by atoms with E-state index in [1.807, 2.05) is 13.0 Å². The van der Waals surface area contributed by atoms with Crippen LogP contribution in [0.25, 0.3) is 0 Å². The van der Waals surface area contributed by atoms with Crippen LogP contribution in [-0.2, 0) is 0 Å². The third-order valence-electron chi connectivity index (χ3n) is 3.00. The van der Waals surface area contributed by atoms with Crippen molar-refractivity contribution in [2.75, 3.05) is 5.32 Å². The van der Waals surface area contributed by atoms with Crippen LogP contribution >= 0.6 is 11.6 Å². The lowest BCUT2D eigenvalue weighted by Gasteiger charge is -2.16. The highest BCUT2D eigenvalue weighted by Gasteiger charge is 2.09. The molecule has 1 N–H and O–H groups in total. The van der Waals surface area contributed by atoms with Crippen LogP contribution in [0.4, 0.5) is 14.5 Å². The lowest BCUT2D eigenvalue weighted by molar-refractivity contribution is 0.614. The molecule has 0 aliphatic heterocycles. The number of nitrogens with one attached hydrogen (secondary N) is 1. The van der Waals surface area contributed by atoms with E-state index in [1.165, 1.54) is 18.2 Å². The van der Waals surface area contributed by atoms with E-state index < -0.39 is 5.82 Å². The molecule has 0 bridgehead atoms. The van der Waals surface area contributed by atoms with E-state index in [1.54, 1.807) is 19.1 Å². The molecule has 0 aliphatic rings. The second kappa shape index (κ2) is 5.57. The van der Waals surface area contributed by atoms with Gasteiger partial charge >= 0.3 is 0 Å². The summed E-state index contributed by atoms with van der Waals surface area (Å²) in [4.78, 5) is 0. The number of halogens is 3. The third-order valence-corrected chi connectivity index (χ3v) is 3.31. The Kier molecular flexibility index (Phi) is 4.05. The molecule has 1 unspecified atom stereocenters. The van der Waals surface area contributed by atoms with E-state index in [0.717, 1.165) is 5.56 Å². The summed E-state index contributed by atoms with van der Waals surface area (Å²) < 4.78 is 26.8. The summed E-state index contributed by atoms with van der Waals surface area (Å²) in [5.74, 6) is -0.720. The van der Waals surface area contributed by atoms with E-state index >= 15 is 0 Å². The zero-order valence-corrected chi connectivity index (χ0v) is 11.4. The van der Waals surface area contributed by atoms with Gasteiger partial charge in [0.25, 0.3) is 0 Å². The summed E-state index contributed by atoms with van der Waals surface area (Å²) >= 11 is 5.62. The van der Waals surface area contributed by atoms with Crippen LogP contribution in [0.5, 0.6) is 0 Å². The first-order chi connectivity index (χ1) is 8.97.